The van der Waals surface area contributed by atoms with Gasteiger partial charge in [-0.25, -0.2) is 0 Å². The number of hydrogen-bond acceptors (Lipinski definition) is 3. The van der Waals surface area contributed by atoms with Gasteiger partial charge in [0.05, 0.1) is 12.9 Å². The van der Waals surface area contributed by atoms with E-state index in [-0.39, 0.29) is 5.91 Å². The quantitative estimate of drug-likeness (QED) is 0.830. The molecular formula is C16H16ClNO2S. The Kier molecular flexibility index (Phi) is 5.53. The van der Waals surface area contributed by atoms with E-state index >= 15 is 0 Å². The van der Waals surface area contributed by atoms with Gasteiger partial charge in [-0.1, -0.05) is 17.7 Å². The molecule has 3 nitrogen and oxygen atoms in total. The summed E-state index contributed by atoms with van der Waals surface area (Å²) in [5.74, 6) is 1.09. The first-order chi connectivity index (χ1) is 10.1. The molecular weight excluding hydrogens is 306 g/mol. The Morgan fingerprint density at radius 2 is 1.95 bits per heavy atom. The summed E-state index contributed by atoms with van der Waals surface area (Å²) in [4.78, 5) is 12.9. The van der Waals surface area contributed by atoms with Crippen LogP contribution in [0.3, 0.4) is 0 Å². The molecule has 110 valence electrons. The summed E-state index contributed by atoms with van der Waals surface area (Å²) < 4.78 is 5.09. The predicted octanol–water partition coefficient (Wildman–Crippen LogP) is 4.39. The van der Waals surface area contributed by atoms with Crippen molar-refractivity contribution in [2.45, 2.75) is 11.8 Å². The van der Waals surface area contributed by atoms with Gasteiger partial charge in [-0.05, 0) is 48.9 Å². The van der Waals surface area contributed by atoms with E-state index in [1.165, 1.54) is 11.8 Å². The molecule has 0 aromatic heterocycles. The zero-order valence-corrected chi connectivity index (χ0v) is 13.4. The van der Waals surface area contributed by atoms with Crippen molar-refractivity contribution in [1.29, 1.82) is 0 Å². The van der Waals surface area contributed by atoms with Crippen molar-refractivity contribution >= 4 is 35.0 Å². The van der Waals surface area contributed by atoms with E-state index in [1.54, 1.807) is 13.2 Å². The highest BCUT2D eigenvalue weighted by molar-refractivity contribution is 8.00. The van der Waals surface area contributed by atoms with Gasteiger partial charge in [-0.15, -0.1) is 11.8 Å². The van der Waals surface area contributed by atoms with Gasteiger partial charge in [0.15, 0.2) is 0 Å². The van der Waals surface area contributed by atoms with Crippen molar-refractivity contribution in [3.8, 4) is 5.75 Å². The lowest BCUT2D eigenvalue weighted by atomic mass is 10.2. The summed E-state index contributed by atoms with van der Waals surface area (Å²) >= 11 is 7.50. The second-order valence-corrected chi connectivity index (χ2v) is 5.93. The maximum Gasteiger partial charge on any atom is 0.234 e. The molecule has 21 heavy (non-hydrogen) atoms. The Morgan fingerprint density at radius 3 is 2.57 bits per heavy atom. The highest BCUT2D eigenvalue weighted by Gasteiger charge is 2.05. The highest BCUT2D eigenvalue weighted by Crippen LogP contribution is 2.23. The van der Waals surface area contributed by atoms with Crippen LogP contribution in [0.15, 0.2) is 47.4 Å². The van der Waals surface area contributed by atoms with Crippen LogP contribution in [0.2, 0.25) is 5.02 Å². The number of halogens is 1. The van der Waals surface area contributed by atoms with Crippen LogP contribution in [-0.4, -0.2) is 18.8 Å². The van der Waals surface area contributed by atoms with E-state index in [4.69, 9.17) is 16.3 Å². The number of benzene rings is 2. The van der Waals surface area contributed by atoms with Crippen molar-refractivity contribution in [2.24, 2.45) is 0 Å². The molecule has 2 aromatic rings. The van der Waals surface area contributed by atoms with Crippen molar-refractivity contribution in [3.63, 3.8) is 0 Å². The molecule has 0 aliphatic carbocycles. The minimum Gasteiger partial charge on any atom is -0.497 e. The van der Waals surface area contributed by atoms with Crippen LogP contribution in [0.5, 0.6) is 5.75 Å². The van der Waals surface area contributed by atoms with E-state index in [2.05, 4.69) is 5.32 Å². The SMILES string of the molecule is COc1ccc(SCC(=O)Nc2ccc(C)c(Cl)c2)cc1. The minimum absolute atomic E-state index is 0.0595. The standard InChI is InChI=1S/C16H16ClNO2S/c1-11-3-4-12(9-15(11)17)18-16(19)10-21-14-7-5-13(20-2)6-8-14/h3-9H,10H2,1-2H3,(H,18,19). The lowest BCUT2D eigenvalue weighted by molar-refractivity contribution is -0.113. The predicted molar refractivity (Wildman–Crippen MR) is 88.5 cm³/mol. The van der Waals surface area contributed by atoms with Crippen molar-refractivity contribution in [1.82, 2.24) is 0 Å². The first-order valence-corrected chi connectivity index (χ1v) is 7.77. The van der Waals surface area contributed by atoms with Crippen LogP contribution in [0, 0.1) is 6.92 Å². The molecule has 0 heterocycles. The molecule has 0 unspecified atom stereocenters. The van der Waals surface area contributed by atoms with Gasteiger partial charge in [0.25, 0.3) is 0 Å². The second kappa shape index (κ2) is 7.38. The summed E-state index contributed by atoms with van der Waals surface area (Å²) in [6.07, 6.45) is 0. The third-order valence-corrected chi connectivity index (χ3v) is 4.30. The van der Waals surface area contributed by atoms with Gasteiger partial charge >= 0.3 is 0 Å². The number of nitrogens with one attached hydrogen (secondary N) is 1. The molecule has 0 bridgehead atoms. The van der Waals surface area contributed by atoms with Crippen molar-refractivity contribution in [2.75, 3.05) is 18.2 Å². The molecule has 0 radical (unpaired) electrons. The van der Waals surface area contributed by atoms with Crippen LogP contribution in [0.25, 0.3) is 0 Å². The third-order valence-electron chi connectivity index (χ3n) is 2.88. The van der Waals surface area contributed by atoms with E-state index in [0.29, 0.717) is 16.5 Å². The van der Waals surface area contributed by atoms with Crippen LogP contribution >= 0.6 is 23.4 Å². The number of amides is 1. The molecule has 2 aromatic carbocycles. The number of carbonyl (C=O) groups is 1. The topological polar surface area (TPSA) is 38.3 Å². The normalized spacial score (nSPS) is 10.2. The zero-order valence-electron chi connectivity index (χ0n) is 11.9. The molecule has 0 saturated heterocycles. The molecule has 0 spiro atoms. The Hall–Kier alpha value is -1.65. The van der Waals surface area contributed by atoms with Gasteiger partial charge in [0.2, 0.25) is 5.91 Å². The molecule has 0 atom stereocenters. The zero-order chi connectivity index (χ0) is 15.2. The molecule has 0 saturated carbocycles. The highest BCUT2D eigenvalue weighted by atomic mass is 35.5. The summed E-state index contributed by atoms with van der Waals surface area (Å²) in [5.41, 5.74) is 1.70. The fourth-order valence-corrected chi connectivity index (χ4v) is 2.57. The molecule has 0 fully saturated rings. The van der Waals surface area contributed by atoms with E-state index in [9.17, 15) is 4.79 Å². The van der Waals surface area contributed by atoms with E-state index in [0.717, 1.165) is 16.2 Å². The molecule has 5 heteroatoms. The summed E-state index contributed by atoms with van der Waals surface area (Å²) in [6.45, 7) is 1.92. The van der Waals surface area contributed by atoms with Gasteiger partial charge < -0.3 is 10.1 Å². The number of anilines is 1. The largest absolute Gasteiger partial charge is 0.497 e. The number of aryl methyl sites for hydroxylation is 1. The van der Waals surface area contributed by atoms with Crippen LogP contribution in [0.1, 0.15) is 5.56 Å². The molecule has 1 N–H and O–H groups in total. The fourth-order valence-electron chi connectivity index (χ4n) is 1.69. The van der Waals surface area contributed by atoms with Crippen LogP contribution in [-0.2, 0) is 4.79 Å². The van der Waals surface area contributed by atoms with E-state index in [1.807, 2.05) is 43.3 Å². The minimum atomic E-state index is -0.0595. The lowest BCUT2D eigenvalue weighted by Gasteiger charge is -2.07. The maximum atomic E-state index is 11.9. The summed E-state index contributed by atoms with van der Waals surface area (Å²) in [5, 5.41) is 3.48. The van der Waals surface area contributed by atoms with Gasteiger partial charge in [0, 0.05) is 15.6 Å². The number of rotatable bonds is 5. The molecule has 2 rings (SSSR count). The number of methoxy groups -OCH3 is 1. The summed E-state index contributed by atoms with van der Waals surface area (Å²) in [7, 11) is 1.63. The summed E-state index contributed by atoms with van der Waals surface area (Å²) in [6, 6.07) is 13.1. The van der Waals surface area contributed by atoms with Crippen molar-refractivity contribution < 1.29 is 9.53 Å². The Balaban J connectivity index is 1.87. The number of carbonyl (C=O) groups excluding carboxylic acids is 1. The Bertz CT molecular complexity index is 629. The Morgan fingerprint density at radius 1 is 1.24 bits per heavy atom. The average Bonchev–Trinajstić information content (AvgIpc) is 2.49. The van der Waals surface area contributed by atoms with Crippen molar-refractivity contribution in [3.05, 3.63) is 53.1 Å². The second-order valence-electron chi connectivity index (χ2n) is 4.48. The molecule has 1 amide bonds. The van der Waals surface area contributed by atoms with Crippen LogP contribution in [0.4, 0.5) is 5.69 Å². The molecule has 0 aliphatic rings. The Labute approximate surface area is 133 Å². The first kappa shape index (κ1) is 15.7. The first-order valence-electron chi connectivity index (χ1n) is 6.41. The number of ether oxygens (including phenoxy) is 1. The smallest absolute Gasteiger partial charge is 0.234 e. The van der Waals surface area contributed by atoms with Gasteiger partial charge in [-0.3, -0.25) is 4.79 Å². The lowest BCUT2D eigenvalue weighted by Crippen LogP contribution is -2.13. The van der Waals surface area contributed by atoms with Crippen LogP contribution < -0.4 is 10.1 Å². The third kappa shape index (κ3) is 4.69. The fraction of sp³-hybridized carbons (Fsp3) is 0.188. The monoisotopic (exact) mass is 321 g/mol. The maximum absolute atomic E-state index is 11.9. The van der Waals surface area contributed by atoms with E-state index < -0.39 is 0 Å². The molecule has 0 aliphatic heterocycles. The van der Waals surface area contributed by atoms with Gasteiger partial charge in [0.1, 0.15) is 5.75 Å². The number of hydrogen-bond donors (Lipinski definition) is 1. The van der Waals surface area contributed by atoms with Gasteiger partial charge in [-0.2, -0.15) is 0 Å². The average molecular weight is 322 g/mol. The number of thioether (sulfide) groups is 1.